The number of fused-ring (bicyclic) bond motifs is 1. The number of para-hydroxylation sites is 1. The summed E-state index contributed by atoms with van der Waals surface area (Å²) in [5.74, 6) is 0.490. The summed E-state index contributed by atoms with van der Waals surface area (Å²) in [5.41, 5.74) is 2.17. The molecule has 1 aliphatic carbocycles. The molecule has 0 spiro atoms. The summed E-state index contributed by atoms with van der Waals surface area (Å²) in [6, 6.07) is 10.1. The normalized spacial score (nSPS) is 20.9. The minimum atomic E-state index is 0.0837. The van der Waals surface area contributed by atoms with Gasteiger partial charge in [-0.1, -0.05) is 31.0 Å². The number of ketones is 1. The lowest BCUT2D eigenvalue weighted by Gasteiger charge is -2.15. The molecular formula is C16H17NO. The van der Waals surface area contributed by atoms with E-state index < -0.39 is 0 Å². The molecule has 1 heterocycles. The minimum Gasteiger partial charge on any atom is -0.299 e. The van der Waals surface area contributed by atoms with Crippen LogP contribution >= 0.6 is 0 Å². The van der Waals surface area contributed by atoms with Gasteiger partial charge in [-0.2, -0.15) is 0 Å². The van der Waals surface area contributed by atoms with Gasteiger partial charge in [-0.25, -0.2) is 0 Å². The number of aromatic nitrogens is 1. The lowest BCUT2D eigenvalue weighted by molar-refractivity contribution is -0.120. The molecule has 2 aromatic rings. The van der Waals surface area contributed by atoms with Crippen molar-refractivity contribution in [2.45, 2.75) is 38.0 Å². The zero-order chi connectivity index (χ0) is 12.4. The first-order valence-corrected chi connectivity index (χ1v) is 6.72. The highest BCUT2D eigenvalue weighted by molar-refractivity contribution is 5.92. The van der Waals surface area contributed by atoms with Gasteiger partial charge in [0.25, 0.3) is 0 Å². The Morgan fingerprint density at radius 2 is 1.94 bits per heavy atom. The van der Waals surface area contributed by atoms with Gasteiger partial charge in [0, 0.05) is 23.9 Å². The third-order valence-electron chi connectivity index (χ3n) is 3.86. The van der Waals surface area contributed by atoms with Crippen LogP contribution in [0.25, 0.3) is 10.9 Å². The first kappa shape index (κ1) is 11.4. The van der Waals surface area contributed by atoms with Gasteiger partial charge < -0.3 is 0 Å². The van der Waals surface area contributed by atoms with Crippen molar-refractivity contribution in [3.05, 3.63) is 42.1 Å². The molecule has 3 rings (SSSR count). The van der Waals surface area contributed by atoms with Gasteiger partial charge in [0.15, 0.2) is 0 Å². The molecule has 0 bridgehead atoms. The summed E-state index contributed by atoms with van der Waals surface area (Å²) in [6.07, 6.45) is 6.96. The zero-order valence-corrected chi connectivity index (χ0v) is 10.4. The van der Waals surface area contributed by atoms with Gasteiger partial charge in [0.05, 0.1) is 5.52 Å². The second-order valence-corrected chi connectivity index (χ2v) is 5.04. The maximum absolute atomic E-state index is 12.2. The Kier molecular flexibility index (Phi) is 3.09. The fourth-order valence-electron chi connectivity index (χ4n) is 2.91. The van der Waals surface area contributed by atoms with Crippen LogP contribution in [0.4, 0.5) is 0 Å². The van der Waals surface area contributed by atoms with E-state index in [1.165, 1.54) is 12.0 Å². The van der Waals surface area contributed by atoms with E-state index in [1.807, 2.05) is 30.5 Å². The topological polar surface area (TPSA) is 30.0 Å². The zero-order valence-electron chi connectivity index (χ0n) is 10.4. The molecule has 0 saturated heterocycles. The predicted octanol–water partition coefficient (Wildman–Crippen LogP) is 3.85. The van der Waals surface area contributed by atoms with Crippen molar-refractivity contribution in [2.24, 2.45) is 0 Å². The summed E-state index contributed by atoms with van der Waals surface area (Å²) in [5, 5.41) is 1.14. The number of carbonyl (C=O) groups is 1. The summed E-state index contributed by atoms with van der Waals surface area (Å²) in [4.78, 5) is 16.6. The monoisotopic (exact) mass is 239 g/mol. The summed E-state index contributed by atoms with van der Waals surface area (Å²) in [6.45, 7) is 0. The molecule has 0 amide bonds. The number of carbonyl (C=O) groups excluding carboxylic acids is 1. The van der Waals surface area contributed by atoms with E-state index in [1.54, 1.807) is 0 Å². The predicted molar refractivity (Wildman–Crippen MR) is 72.6 cm³/mol. The van der Waals surface area contributed by atoms with Crippen molar-refractivity contribution < 1.29 is 4.79 Å². The first-order chi connectivity index (χ1) is 8.86. The Labute approximate surface area is 107 Å². The molecule has 92 valence electrons. The van der Waals surface area contributed by atoms with Crippen molar-refractivity contribution in [2.75, 3.05) is 0 Å². The third-order valence-corrected chi connectivity index (χ3v) is 3.86. The summed E-state index contributed by atoms with van der Waals surface area (Å²) < 4.78 is 0. The lowest BCUT2D eigenvalue weighted by atomic mass is 9.88. The lowest BCUT2D eigenvalue weighted by Crippen LogP contribution is -2.11. The molecule has 1 unspecified atom stereocenters. The summed E-state index contributed by atoms with van der Waals surface area (Å²) in [7, 11) is 0. The van der Waals surface area contributed by atoms with Crippen LogP contribution < -0.4 is 0 Å². The number of benzene rings is 1. The number of Topliss-reactive ketones (excluding diaryl/α,β-unsaturated/α-hetero) is 1. The molecule has 1 fully saturated rings. The fraction of sp³-hybridized carbons (Fsp3) is 0.375. The van der Waals surface area contributed by atoms with Crippen LogP contribution in [0.3, 0.4) is 0 Å². The van der Waals surface area contributed by atoms with Gasteiger partial charge in [0.1, 0.15) is 5.78 Å². The van der Waals surface area contributed by atoms with E-state index in [0.717, 1.165) is 36.6 Å². The van der Waals surface area contributed by atoms with Crippen LogP contribution in [0, 0.1) is 0 Å². The molecule has 1 aromatic heterocycles. The SMILES string of the molecule is O=C1CCCCCC1c1ccnc2ccccc12. The average Bonchev–Trinajstić information content (AvgIpc) is 2.63. The van der Waals surface area contributed by atoms with E-state index in [-0.39, 0.29) is 5.92 Å². The Bertz CT molecular complexity index is 571. The largest absolute Gasteiger partial charge is 0.299 e. The van der Waals surface area contributed by atoms with Crippen LogP contribution in [0.5, 0.6) is 0 Å². The number of pyridine rings is 1. The van der Waals surface area contributed by atoms with Crippen LogP contribution in [-0.4, -0.2) is 10.8 Å². The molecule has 0 aliphatic heterocycles. The molecule has 1 aliphatic rings. The highest BCUT2D eigenvalue weighted by Crippen LogP contribution is 2.32. The molecule has 0 radical (unpaired) electrons. The van der Waals surface area contributed by atoms with Crippen molar-refractivity contribution in [3.63, 3.8) is 0 Å². The van der Waals surface area contributed by atoms with Crippen LogP contribution in [0.15, 0.2) is 36.5 Å². The van der Waals surface area contributed by atoms with Crippen LogP contribution in [-0.2, 0) is 4.79 Å². The Hall–Kier alpha value is -1.70. The average molecular weight is 239 g/mol. The molecular weight excluding hydrogens is 222 g/mol. The van der Waals surface area contributed by atoms with Crippen LogP contribution in [0.1, 0.15) is 43.6 Å². The molecule has 1 aromatic carbocycles. The number of hydrogen-bond donors (Lipinski definition) is 0. The van der Waals surface area contributed by atoms with E-state index in [4.69, 9.17) is 0 Å². The van der Waals surface area contributed by atoms with Crippen molar-refractivity contribution in [1.82, 2.24) is 4.98 Å². The number of nitrogens with zero attached hydrogens (tertiary/aromatic N) is 1. The van der Waals surface area contributed by atoms with Crippen LogP contribution in [0.2, 0.25) is 0 Å². The summed E-state index contributed by atoms with van der Waals surface area (Å²) >= 11 is 0. The van der Waals surface area contributed by atoms with Gasteiger partial charge in [-0.05, 0) is 30.5 Å². The molecule has 2 heteroatoms. The Morgan fingerprint density at radius 1 is 1.06 bits per heavy atom. The number of hydrogen-bond acceptors (Lipinski definition) is 2. The molecule has 1 atom stereocenters. The Balaban J connectivity index is 2.10. The van der Waals surface area contributed by atoms with Gasteiger partial charge >= 0.3 is 0 Å². The molecule has 2 nitrogen and oxygen atoms in total. The first-order valence-electron chi connectivity index (χ1n) is 6.72. The van der Waals surface area contributed by atoms with Crippen molar-refractivity contribution >= 4 is 16.7 Å². The highest BCUT2D eigenvalue weighted by Gasteiger charge is 2.23. The van der Waals surface area contributed by atoms with E-state index in [2.05, 4.69) is 11.1 Å². The molecule has 18 heavy (non-hydrogen) atoms. The smallest absolute Gasteiger partial charge is 0.140 e. The standard InChI is InChI=1S/C16H17NO/c18-16-9-3-1-2-7-14(16)12-10-11-17-15-8-5-4-6-13(12)15/h4-6,8,10-11,14H,1-3,7,9H2. The second kappa shape index (κ2) is 4.89. The van der Waals surface area contributed by atoms with E-state index in [9.17, 15) is 4.79 Å². The van der Waals surface area contributed by atoms with Gasteiger partial charge in [-0.15, -0.1) is 0 Å². The van der Waals surface area contributed by atoms with E-state index >= 15 is 0 Å². The van der Waals surface area contributed by atoms with Crippen molar-refractivity contribution in [1.29, 1.82) is 0 Å². The molecule has 0 N–H and O–H groups in total. The van der Waals surface area contributed by atoms with Crippen molar-refractivity contribution in [3.8, 4) is 0 Å². The maximum Gasteiger partial charge on any atom is 0.140 e. The quantitative estimate of drug-likeness (QED) is 0.707. The molecule has 1 saturated carbocycles. The third kappa shape index (κ3) is 2.03. The maximum atomic E-state index is 12.2. The second-order valence-electron chi connectivity index (χ2n) is 5.04. The van der Waals surface area contributed by atoms with Gasteiger partial charge in [-0.3, -0.25) is 9.78 Å². The Morgan fingerprint density at radius 3 is 2.89 bits per heavy atom. The van der Waals surface area contributed by atoms with E-state index in [0.29, 0.717) is 5.78 Å². The highest BCUT2D eigenvalue weighted by atomic mass is 16.1. The van der Waals surface area contributed by atoms with Gasteiger partial charge in [0.2, 0.25) is 0 Å². The minimum absolute atomic E-state index is 0.0837. The fourth-order valence-corrected chi connectivity index (χ4v) is 2.91. The number of rotatable bonds is 1.